The van der Waals surface area contributed by atoms with Crippen molar-refractivity contribution in [3.05, 3.63) is 105 Å². The Morgan fingerprint density at radius 3 is 2.67 bits per heavy atom. The molecule has 4 aromatic rings. The molecule has 0 spiro atoms. The van der Waals surface area contributed by atoms with Crippen LogP contribution in [0.1, 0.15) is 35.6 Å². The fraction of sp³-hybridized carbons (Fsp3) is 0.0800. The number of carboxylic acid groups (broad SMARTS) is 1. The van der Waals surface area contributed by atoms with Crippen LogP contribution in [0.4, 0.5) is 4.39 Å². The molecule has 0 bridgehead atoms. The first-order valence-electron chi connectivity index (χ1n) is 10.1. The Labute approximate surface area is 193 Å². The largest absolute Gasteiger partial charge is 0.619 e. The van der Waals surface area contributed by atoms with Gasteiger partial charge in [-0.05, 0) is 52.5 Å². The molecular weight excluding hydrogens is 445 g/mol. The van der Waals surface area contributed by atoms with Gasteiger partial charge in [-0.3, -0.25) is 5.10 Å². The number of halogens is 2. The Morgan fingerprint density at radius 2 is 2.00 bits per heavy atom. The van der Waals surface area contributed by atoms with E-state index >= 15 is 0 Å². The molecular formula is C25H19ClFN3O3. The molecule has 8 heteroatoms. The molecule has 0 atom stereocenters. The number of allylic oxidation sites excluding steroid dienone is 1. The predicted molar refractivity (Wildman–Crippen MR) is 126 cm³/mol. The molecule has 0 fully saturated rings. The van der Waals surface area contributed by atoms with E-state index in [1.54, 1.807) is 24.4 Å². The van der Waals surface area contributed by atoms with E-state index < -0.39 is 11.8 Å². The zero-order valence-corrected chi connectivity index (χ0v) is 18.3. The van der Waals surface area contributed by atoms with E-state index in [4.69, 9.17) is 16.7 Å². The van der Waals surface area contributed by atoms with Crippen molar-refractivity contribution in [2.75, 3.05) is 0 Å². The van der Waals surface area contributed by atoms with Crippen LogP contribution in [0.2, 0.25) is 5.02 Å². The molecule has 2 aromatic carbocycles. The van der Waals surface area contributed by atoms with Crippen LogP contribution >= 0.6 is 11.6 Å². The van der Waals surface area contributed by atoms with Gasteiger partial charge in [0.25, 0.3) is 0 Å². The third kappa shape index (κ3) is 4.63. The molecule has 0 saturated carbocycles. The topological polar surface area (TPSA) is 92.9 Å². The Balaban J connectivity index is 1.97. The summed E-state index contributed by atoms with van der Waals surface area (Å²) in [5.41, 5.74) is 4.69. The average Bonchev–Trinajstić information content (AvgIpc) is 3.26. The van der Waals surface area contributed by atoms with Gasteiger partial charge in [-0.1, -0.05) is 42.8 Å². The summed E-state index contributed by atoms with van der Waals surface area (Å²) in [6, 6.07) is 12.2. The lowest BCUT2D eigenvalue weighted by Crippen LogP contribution is -2.24. The van der Waals surface area contributed by atoms with Gasteiger partial charge in [0.2, 0.25) is 0 Å². The van der Waals surface area contributed by atoms with E-state index in [1.165, 1.54) is 24.5 Å². The SMILES string of the molecule is CC/C(=C(/c1ccc(/C=C/C(=O)O)cc1)c1cc(F)c2[nH]ncc2c1)c1cc[n+]([O-])cc1Cl. The summed E-state index contributed by atoms with van der Waals surface area (Å²) in [6.07, 6.45) is 7.32. The lowest BCUT2D eigenvalue weighted by molar-refractivity contribution is -0.605. The van der Waals surface area contributed by atoms with Crippen LogP contribution in [0.15, 0.2) is 67.1 Å². The number of aromatic nitrogens is 3. The number of rotatable bonds is 6. The van der Waals surface area contributed by atoms with E-state index in [2.05, 4.69) is 10.2 Å². The van der Waals surface area contributed by atoms with Gasteiger partial charge in [-0.25, -0.2) is 9.18 Å². The van der Waals surface area contributed by atoms with E-state index in [9.17, 15) is 14.4 Å². The maximum absolute atomic E-state index is 14.9. The van der Waals surface area contributed by atoms with Gasteiger partial charge in [0, 0.05) is 23.1 Å². The van der Waals surface area contributed by atoms with Crippen molar-refractivity contribution >= 4 is 45.7 Å². The van der Waals surface area contributed by atoms with Gasteiger partial charge < -0.3 is 10.3 Å². The maximum atomic E-state index is 14.9. The van der Waals surface area contributed by atoms with Crippen molar-refractivity contribution in [1.29, 1.82) is 0 Å². The van der Waals surface area contributed by atoms with Crippen molar-refractivity contribution in [2.24, 2.45) is 0 Å². The smallest absolute Gasteiger partial charge is 0.328 e. The van der Waals surface area contributed by atoms with Crippen LogP contribution in [0, 0.1) is 11.0 Å². The Kier molecular flexibility index (Phi) is 6.24. The van der Waals surface area contributed by atoms with Gasteiger partial charge >= 0.3 is 5.97 Å². The normalized spacial score (nSPS) is 12.3. The van der Waals surface area contributed by atoms with Crippen LogP contribution in [0.5, 0.6) is 0 Å². The molecule has 0 unspecified atom stereocenters. The van der Waals surface area contributed by atoms with Crippen LogP contribution in [0.25, 0.3) is 28.1 Å². The number of nitrogens with one attached hydrogen (secondary N) is 1. The summed E-state index contributed by atoms with van der Waals surface area (Å²) in [4.78, 5) is 10.8. The highest BCUT2D eigenvalue weighted by molar-refractivity contribution is 6.32. The van der Waals surface area contributed by atoms with Crippen molar-refractivity contribution < 1.29 is 19.0 Å². The summed E-state index contributed by atoms with van der Waals surface area (Å²) in [5.74, 6) is -1.48. The number of H-pyrrole nitrogens is 1. The second kappa shape index (κ2) is 9.26. The van der Waals surface area contributed by atoms with Crippen LogP contribution in [0.3, 0.4) is 0 Å². The first-order chi connectivity index (χ1) is 15.9. The molecule has 0 saturated heterocycles. The molecule has 0 aliphatic carbocycles. The molecule has 0 radical (unpaired) electrons. The molecule has 0 amide bonds. The van der Waals surface area contributed by atoms with E-state index in [1.807, 2.05) is 25.1 Å². The summed E-state index contributed by atoms with van der Waals surface area (Å²) in [5, 5.41) is 28.0. The highest BCUT2D eigenvalue weighted by atomic mass is 35.5. The number of carbonyl (C=O) groups is 1. The highest BCUT2D eigenvalue weighted by Crippen LogP contribution is 2.38. The number of hydrogen-bond donors (Lipinski definition) is 2. The maximum Gasteiger partial charge on any atom is 0.328 e. The monoisotopic (exact) mass is 463 g/mol. The van der Waals surface area contributed by atoms with Crippen molar-refractivity contribution in [3.63, 3.8) is 0 Å². The second-order valence-corrected chi connectivity index (χ2v) is 7.77. The lowest BCUT2D eigenvalue weighted by Gasteiger charge is -2.17. The predicted octanol–water partition coefficient (Wildman–Crippen LogP) is 5.46. The number of hydrogen-bond acceptors (Lipinski definition) is 3. The Bertz CT molecular complexity index is 1410. The summed E-state index contributed by atoms with van der Waals surface area (Å²) in [6.45, 7) is 1.96. The summed E-state index contributed by atoms with van der Waals surface area (Å²) in [7, 11) is 0. The zero-order chi connectivity index (χ0) is 23.5. The standard InChI is InChI=1S/C25H19ClFN3O3/c1-2-19(20-9-10-30(33)14-21(20)26)24(16-6-3-15(4-7-16)5-8-23(31)32)17-11-18-13-28-29-25(18)22(27)12-17/h3-14H,2H2,1H3,(H,28,29)(H,31,32)/b8-5+,24-19+. The van der Waals surface area contributed by atoms with Crippen LogP contribution in [-0.4, -0.2) is 21.3 Å². The summed E-state index contributed by atoms with van der Waals surface area (Å²) < 4.78 is 15.5. The number of pyridine rings is 1. The quantitative estimate of drug-likeness (QED) is 0.226. The van der Waals surface area contributed by atoms with Gasteiger partial charge in [-0.15, -0.1) is 0 Å². The van der Waals surface area contributed by atoms with E-state index in [0.29, 0.717) is 38.7 Å². The lowest BCUT2D eigenvalue weighted by atomic mass is 9.87. The van der Waals surface area contributed by atoms with E-state index in [0.717, 1.165) is 22.8 Å². The minimum Gasteiger partial charge on any atom is -0.619 e. The molecule has 2 N–H and O–H groups in total. The van der Waals surface area contributed by atoms with Gasteiger partial charge in [0.15, 0.2) is 12.4 Å². The highest BCUT2D eigenvalue weighted by Gasteiger charge is 2.18. The van der Waals surface area contributed by atoms with Gasteiger partial charge in [0.1, 0.15) is 16.4 Å². The van der Waals surface area contributed by atoms with Crippen LogP contribution in [-0.2, 0) is 4.79 Å². The minimum atomic E-state index is -1.04. The number of nitrogens with zero attached hydrogens (tertiary/aromatic N) is 2. The average molecular weight is 464 g/mol. The van der Waals surface area contributed by atoms with E-state index in [-0.39, 0.29) is 5.02 Å². The first kappa shape index (κ1) is 22.2. The fourth-order valence-electron chi connectivity index (χ4n) is 3.80. The van der Waals surface area contributed by atoms with Crippen molar-refractivity contribution in [1.82, 2.24) is 10.2 Å². The van der Waals surface area contributed by atoms with Crippen molar-refractivity contribution in [3.8, 4) is 0 Å². The number of fused-ring (bicyclic) bond motifs is 1. The zero-order valence-electron chi connectivity index (χ0n) is 17.5. The fourth-order valence-corrected chi connectivity index (χ4v) is 4.07. The molecule has 33 heavy (non-hydrogen) atoms. The molecule has 2 heterocycles. The molecule has 6 nitrogen and oxygen atoms in total. The van der Waals surface area contributed by atoms with Crippen molar-refractivity contribution in [2.45, 2.75) is 13.3 Å². The number of aromatic amines is 1. The molecule has 0 aliphatic rings. The third-order valence-electron chi connectivity index (χ3n) is 5.27. The van der Waals surface area contributed by atoms with Gasteiger partial charge in [-0.2, -0.15) is 9.83 Å². The Hall–Kier alpha value is -3.97. The summed E-state index contributed by atoms with van der Waals surface area (Å²) >= 11 is 6.42. The molecule has 2 aromatic heterocycles. The number of carboxylic acids is 1. The van der Waals surface area contributed by atoms with Crippen LogP contribution < -0.4 is 4.73 Å². The molecule has 0 aliphatic heterocycles. The Morgan fingerprint density at radius 1 is 1.24 bits per heavy atom. The molecule has 166 valence electrons. The number of aliphatic carboxylic acids is 1. The molecule has 4 rings (SSSR count). The minimum absolute atomic E-state index is 0.285. The third-order valence-corrected chi connectivity index (χ3v) is 5.57. The second-order valence-electron chi connectivity index (χ2n) is 7.36. The van der Waals surface area contributed by atoms with Gasteiger partial charge in [0.05, 0.1) is 6.20 Å². The first-order valence-corrected chi connectivity index (χ1v) is 10.5. The number of benzene rings is 2.